The van der Waals surface area contributed by atoms with Crippen molar-refractivity contribution in [2.75, 3.05) is 19.8 Å². The number of hydrogen-bond acceptors (Lipinski definition) is 18. The summed E-state index contributed by atoms with van der Waals surface area (Å²) in [6, 6.07) is -7.03. The van der Waals surface area contributed by atoms with Gasteiger partial charge in [-0.05, 0) is 41.5 Å². The van der Waals surface area contributed by atoms with Crippen LogP contribution in [-0.2, 0) is 72.7 Å². The van der Waals surface area contributed by atoms with E-state index in [1.807, 2.05) is 0 Å². The van der Waals surface area contributed by atoms with E-state index in [9.17, 15) is 83.7 Å². The number of carbonyl (C=O) groups is 9. The van der Waals surface area contributed by atoms with Gasteiger partial charge in [0.05, 0.1) is 0 Å². The van der Waals surface area contributed by atoms with Crippen LogP contribution in [-0.4, -0.2) is 195 Å². The lowest BCUT2D eigenvalue weighted by Crippen LogP contribution is -2.72. The molecule has 0 aromatic heterocycles. The molecule has 1 aromatic carbocycles. The first-order valence-electron chi connectivity index (χ1n) is 19.5. The Labute approximate surface area is 373 Å². The van der Waals surface area contributed by atoms with Crippen molar-refractivity contribution in [1.82, 2.24) is 30.7 Å². The fraction of sp³-hybridized carbons (Fsp3) is 0.583. The van der Waals surface area contributed by atoms with Crippen molar-refractivity contribution in [3.8, 4) is 17.2 Å². The number of hydrogen-bond donors (Lipinski definition) is 6. The number of carboxylic acid groups (broad SMARTS) is 3. The summed E-state index contributed by atoms with van der Waals surface area (Å²) in [5.41, 5.74) is 0. The third-order valence-corrected chi connectivity index (χ3v) is 21.3. The van der Waals surface area contributed by atoms with Gasteiger partial charge in [-0.15, -0.1) is 0 Å². The van der Waals surface area contributed by atoms with Crippen LogP contribution in [0.2, 0.25) is 0 Å². The lowest BCUT2D eigenvalue weighted by Gasteiger charge is -2.42. The molecule has 0 bridgehead atoms. The predicted octanol–water partition coefficient (Wildman–Crippen LogP) is -5.24. The molecular formula is C36H42N6O21S3. The highest BCUT2D eigenvalue weighted by atomic mass is 32.2. The van der Waals surface area contributed by atoms with Crippen LogP contribution in [0.3, 0.4) is 0 Å². The first-order valence-corrected chi connectivity index (χ1v) is 24.2. The summed E-state index contributed by atoms with van der Waals surface area (Å²) in [7, 11) is -13.0. The average Bonchev–Trinajstić information content (AvgIpc) is 3.54. The molecule has 27 nitrogen and oxygen atoms in total. The molecule has 6 saturated heterocycles. The van der Waals surface area contributed by atoms with Gasteiger partial charge in [-0.25, -0.2) is 39.6 Å². The van der Waals surface area contributed by atoms with E-state index >= 15 is 0 Å². The molecule has 0 aliphatic carbocycles. The van der Waals surface area contributed by atoms with Gasteiger partial charge in [0, 0.05) is 18.2 Å². The molecule has 0 spiro atoms. The fourth-order valence-electron chi connectivity index (χ4n) is 9.21. The molecule has 3 unspecified atom stereocenters. The van der Waals surface area contributed by atoms with Crippen molar-refractivity contribution in [2.45, 2.75) is 108 Å². The Morgan fingerprint density at radius 3 is 0.894 bits per heavy atom. The minimum atomic E-state index is -4.33. The van der Waals surface area contributed by atoms with Crippen molar-refractivity contribution in [2.24, 2.45) is 0 Å². The molecule has 6 fully saturated rings. The third kappa shape index (κ3) is 6.60. The van der Waals surface area contributed by atoms with Crippen molar-refractivity contribution >= 4 is 82.9 Å². The maximum atomic E-state index is 13.2. The predicted molar refractivity (Wildman–Crippen MR) is 214 cm³/mol. The van der Waals surface area contributed by atoms with E-state index in [2.05, 4.69) is 16.0 Å². The van der Waals surface area contributed by atoms with Crippen LogP contribution in [0.4, 0.5) is 0 Å². The second kappa shape index (κ2) is 15.1. The number of ether oxygens (including phenoxy) is 3. The van der Waals surface area contributed by atoms with Crippen LogP contribution < -0.4 is 30.2 Å². The lowest BCUT2D eigenvalue weighted by molar-refractivity contribution is -0.161. The van der Waals surface area contributed by atoms with Crippen LogP contribution in [0, 0.1) is 0 Å². The highest BCUT2D eigenvalue weighted by molar-refractivity contribution is 7.94. The second-order valence-electron chi connectivity index (χ2n) is 17.7. The van der Waals surface area contributed by atoms with Gasteiger partial charge in [-0.2, -0.15) is 0 Å². The smallest absolute Gasteiger partial charge is 0.328 e. The molecule has 6 N–H and O–H groups in total. The Balaban J connectivity index is 1.04. The molecule has 6 aliphatic rings. The molecule has 1 aromatic rings. The third-order valence-electron chi connectivity index (χ3n) is 12.8. The number of aliphatic carboxylic acids is 3. The van der Waals surface area contributed by atoms with Crippen LogP contribution in [0.5, 0.6) is 17.2 Å². The van der Waals surface area contributed by atoms with E-state index in [4.69, 9.17) is 14.2 Å². The first kappa shape index (κ1) is 47.7. The average molecular weight is 991 g/mol. The summed E-state index contributed by atoms with van der Waals surface area (Å²) in [5.74, 6) is -11.8. The maximum absolute atomic E-state index is 13.2. The van der Waals surface area contributed by atoms with E-state index in [0.717, 1.165) is 59.7 Å². The molecule has 0 saturated carbocycles. The summed E-state index contributed by atoms with van der Waals surface area (Å²) in [5, 5.41) is 30.5. The molecule has 6 aliphatic heterocycles. The molecule has 9 atom stereocenters. The zero-order valence-corrected chi connectivity index (χ0v) is 37.8. The molecular weight excluding hydrogens is 949 g/mol. The van der Waals surface area contributed by atoms with E-state index < -0.39 is 169 Å². The molecule has 6 heterocycles. The number of amides is 6. The Hall–Kier alpha value is -6.30. The second-order valence-corrected chi connectivity index (χ2v) is 25.6. The largest absolute Gasteiger partial charge is 0.484 e. The van der Waals surface area contributed by atoms with Crippen LogP contribution in [0.25, 0.3) is 0 Å². The summed E-state index contributed by atoms with van der Waals surface area (Å²) in [6.07, 6.45) is 0. The maximum Gasteiger partial charge on any atom is 0.328 e. The number of nitrogens with one attached hydrogen (secondary N) is 3. The number of nitrogens with zero attached hydrogens (tertiary/aromatic N) is 3. The summed E-state index contributed by atoms with van der Waals surface area (Å²) >= 11 is 0. The number of rotatable bonds is 15. The van der Waals surface area contributed by atoms with Gasteiger partial charge in [0.1, 0.15) is 67.7 Å². The van der Waals surface area contributed by atoms with Gasteiger partial charge in [0.25, 0.3) is 17.7 Å². The van der Waals surface area contributed by atoms with Crippen LogP contribution in [0.1, 0.15) is 41.5 Å². The summed E-state index contributed by atoms with van der Waals surface area (Å²) in [4.78, 5) is 115. The minimum Gasteiger partial charge on any atom is -0.484 e. The topological polar surface area (TPSA) is 390 Å². The molecule has 0 radical (unpaired) electrons. The number of carbonyl (C=O) groups excluding carboxylic acids is 6. The number of carboxylic acids is 3. The zero-order valence-electron chi connectivity index (χ0n) is 35.3. The fourth-order valence-corrected chi connectivity index (χ4v) is 15.9. The quantitative estimate of drug-likeness (QED) is 0.0894. The Morgan fingerprint density at radius 1 is 0.485 bits per heavy atom. The van der Waals surface area contributed by atoms with Crippen molar-refractivity contribution < 1.29 is 97.9 Å². The number of β-lactam (4-membered cyclic amide) rings is 3. The van der Waals surface area contributed by atoms with E-state index in [0.29, 0.717) is 14.7 Å². The zero-order chi connectivity index (χ0) is 49.3. The highest BCUT2D eigenvalue weighted by Crippen LogP contribution is 2.48. The molecule has 6 amide bonds. The van der Waals surface area contributed by atoms with Gasteiger partial charge in [-0.1, -0.05) is 0 Å². The highest BCUT2D eigenvalue weighted by Gasteiger charge is 2.75. The van der Waals surface area contributed by atoms with E-state index in [-0.39, 0.29) is 17.2 Å². The van der Waals surface area contributed by atoms with Gasteiger partial charge >= 0.3 is 17.9 Å². The molecule has 30 heteroatoms. The number of sulfone groups is 3. The number of fused-ring (bicyclic) bond motifs is 3. The van der Waals surface area contributed by atoms with Gasteiger partial charge < -0.3 is 60.2 Å². The SMILES string of the molecule is CC1(C)C(C(=O)O)N2C(=O)[C@@H](NC(=O)COc3cc(OCC(=O)N[C@@H]4C(=O)N5C(C(=O)O)C(C)(C)S(=O)(=O)[C@H]45)cc(OCC(=O)N[C@@H]4C(=O)N5C(C(=O)O)C(C)(C)S(=O)(=O)[C@H]45)c3)[C@H]2S1(=O)=O. The summed E-state index contributed by atoms with van der Waals surface area (Å²) < 4.78 is 90.1. The minimum absolute atomic E-state index is 0.312. The van der Waals surface area contributed by atoms with Gasteiger partial charge in [-0.3, -0.25) is 28.8 Å². The normalized spacial score (nSPS) is 31.6. The number of benzene rings is 1. The monoisotopic (exact) mass is 990 g/mol. The van der Waals surface area contributed by atoms with Crippen LogP contribution >= 0.6 is 0 Å². The summed E-state index contributed by atoms with van der Waals surface area (Å²) in [6.45, 7) is 3.95. The lowest BCUT2D eigenvalue weighted by atomic mass is 9.96. The Morgan fingerprint density at radius 2 is 0.697 bits per heavy atom. The standard InChI is InChI=1S/C36H42N6O21S3/c1-34(2)22(31(49)50)40-25(46)19(28(40)64(34,55)56)37-16(43)10-61-13-7-14(62-11-17(44)38-20-26(47)41-23(32(51)52)35(3,4)65(57,58)29(20)41)9-15(8-13)63-12-18(45)39-21-27(48)42-24(33(53)54)36(5,6)66(59,60)30(21)42/h7-9,19-24,28-30H,10-12H2,1-6H3,(H,37,43)(H,38,44)(H,39,45)(H,49,50)(H,51,52)(H,53,54)/t19-,20-,21-,22?,23?,24?,28-,29-,30-/m1/s1. The van der Waals surface area contributed by atoms with Gasteiger partial charge in [0.2, 0.25) is 17.7 Å². The van der Waals surface area contributed by atoms with E-state index in [1.165, 1.54) is 0 Å². The van der Waals surface area contributed by atoms with Gasteiger partial charge in [0.15, 0.2) is 65.5 Å². The first-order chi connectivity index (χ1) is 30.3. The Kier molecular flexibility index (Phi) is 10.9. The van der Waals surface area contributed by atoms with Crippen molar-refractivity contribution in [3.63, 3.8) is 0 Å². The Bertz CT molecular complexity index is 2470. The van der Waals surface area contributed by atoms with E-state index in [1.54, 1.807) is 0 Å². The van der Waals surface area contributed by atoms with Crippen molar-refractivity contribution in [1.29, 1.82) is 0 Å². The molecule has 360 valence electrons. The molecule has 7 rings (SSSR count). The molecule has 66 heavy (non-hydrogen) atoms. The van der Waals surface area contributed by atoms with Crippen LogP contribution in [0.15, 0.2) is 18.2 Å². The van der Waals surface area contributed by atoms with Crippen molar-refractivity contribution in [3.05, 3.63) is 18.2 Å².